The zero-order chi connectivity index (χ0) is 11.5. The highest BCUT2D eigenvalue weighted by atomic mass is 14.9. The molecule has 88 valence electrons. The number of nitrogens with one attached hydrogen (secondary N) is 1. The number of hydrogen-bond donors (Lipinski definition) is 1. The summed E-state index contributed by atoms with van der Waals surface area (Å²) in [4.78, 5) is 0. The zero-order valence-electron chi connectivity index (χ0n) is 10.7. The molecule has 0 amide bonds. The van der Waals surface area contributed by atoms with Gasteiger partial charge in [0.1, 0.15) is 0 Å². The van der Waals surface area contributed by atoms with E-state index in [1.807, 2.05) is 0 Å². The summed E-state index contributed by atoms with van der Waals surface area (Å²) in [6.07, 6.45) is 2.51. The second-order valence-electron chi connectivity index (χ2n) is 5.31. The molecule has 1 aromatic carbocycles. The van der Waals surface area contributed by atoms with Crippen LogP contribution in [0.5, 0.6) is 0 Å². The fourth-order valence-electron chi connectivity index (χ4n) is 2.69. The summed E-state index contributed by atoms with van der Waals surface area (Å²) in [5, 5.41) is 3.74. The first kappa shape index (κ1) is 11.7. The summed E-state index contributed by atoms with van der Waals surface area (Å²) in [5.74, 6) is 1.46. The van der Waals surface area contributed by atoms with Crippen LogP contribution in [0.15, 0.2) is 24.3 Å². The van der Waals surface area contributed by atoms with E-state index in [2.05, 4.69) is 50.4 Å². The maximum Gasteiger partial charge on any atom is 0.0346 e. The number of hydrogen-bond acceptors (Lipinski definition) is 1. The minimum atomic E-state index is 0.535. The predicted octanol–water partition coefficient (Wildman–Crippen LogP) is 3.56. The smallest absolute Gasteiger partial charge is 0.0346 e. The highest BCUT2D eigenvalue weighted by Crippen LogP contribution is 2.30. The van der Waals surface area contributed by atoms with Gasteiger partial charge >= 0.3 is 0 Å². The van der Waals surface area contributed by atoms with E-state index in [9.17, 15) is 0 Å². The quantitative estimate of drug-likeness (QED) is 0.798. The van der Waals surface area contributed by atoms with Gasteiger partial charge in [-0.1, -0.05) is 51.5 Å². The van der Waals surface area contributed by atoms with E-state index < -0.39 is 0 Å². The lowest BCUT2D eigenvalue weighted by Crippen LogP contribution is -2.28. The molecule has 0 aromatic heterocycles. The largest absolute Gasteiger partial charge is 0.309 e. The molecule has 0 saturated carbocycles. The van der Waals surface area contributed by atoms with Gasteiger partial charge in [0, 0.05) is 6.04 Å². The predicted molar refractivity (Wildman–Crippen MR) is 69.5 cm³/mol. The third kappa shape index (κ3) is 2.30. The van der Waals surface area contributed by atoms with Gasteiger partial charge in [0.05, 0.1) is 0 Å². The molecular formula is C15H23N. The van der Waals surface area contributed by atoms with Crippen molar-refractivity contribution in [3.8, 4) is 0 Å². The number of benzene rings is 1. The zero-order valence-corrected chi connectivity index (χ0v) is 10.7. The van der Waals surface area contributed by atoms with Gasteiger partial charge in [-0.2, -0.15) is 0 Å². The van der Waals surface area contributed by atoms with Crippen molar-refractivity contribution < 1.29 is 0 Å². The highest BCUT2D eigenvalue weighted by molar-refractivity contribution is 5.32. The number of fused-ring (bicyclic) bond motifs is 1. The first-order valence-corrected chi connectivity index (χ1v) is 6.53. The van der Waals surface area contributed by atoms with Crippen LogP contribution in [0.2, 0.25) is 0 Å². The minimum absolute atomic E-state index is 0.535. The number of rotatable bonds is 2. The van der Waals surface area contributed by atoms with Gasteiger partial charge in [0.15, 0.2) is 0 Å². The van der Waals surface area contributed by atoms with E-state index in [4.69, 9.17) is 0 Å². The van der Waals surface area contributed by atoms with Gasteiger partial charge in [-0.15, -0.1) is 0 Å². The second-order valence-corrected chi connectivity index (χ2v) is 5.31. The Morgan fingerprint density at radius 1 is 1.31 bits per heavy atom. The molecule has 2 rings (SSSR count). The lowest BCUT2D eigenvalue weighted by molar-refractivity contribution is 0.381. The normalized spacial score (nSPS) is 25.2. The van der Waals surface area contributed by atoms with Crippen LogP contribution >= 0.6 is 0 Å². The van der Waals surface area contributed by atoms with Gasteiger partial charge in [-0.05, 0) is 35.9 Å². The molecule has 1 heteroatoms. The maximum absolute atomic E-state index is 3.74. The van der Waals surface area contributed by atoms with Gasteiger partial charge in [-0.3, -0.25) is 0 Å². The molecule has 1 aliphatic rings. The average Bonchev–Trinajstić information content (AvgIpc) is 2.47. The molecule has 0 aliphatic carbocycles. The Bertz CT molecular complexity index is 343. The summed E-state index contributed by atoms with van der Waals surface area (Å²) < 4.78 is 0. The second kappa shape index (κ2) is 5.01. The Morgan fingerprint density at radius 3 is 2.75 bits per heavy atom. The van der Waals surface area contributed by atoms with Gasteiger partial charge in [0.2, 0.25) is 0 Å². The molecule has 16 heavy (non-hydrogen) atoms. The molecule has 1 aromatic rings. The molecule has 0 spiro atoms. The summed E-state index contributed by atoms with van der Waals surface area (Å²) in [5.41, 5.74) is 3.08. The lowest BCUT2D eigenvalue weighted by atomic mass is 9.90. The molecule has 1 N–H and O–H groups in total. The van der Waals surface area contributed by atoms with Crippen molar-refractivity contribution in [2.24, 2.45) is 11.8 Å². The van der Waals surface area contributed by atoms with Crippen molar-refractivity contribution in [2.75, 3.05) is 6.54 Å². The van der Waals surface area contributed by atoms with E-state index in [1.54, 1.807) is 5.56 Å². The van der Waals surface area contributed by atoms with Crippen LogP contribution in [-0.2, 0) is 6.42 Å². The third-order valence-corrected chi connectivity index (χ3v) is 3.77. The summed E-state index contributed by atoms with van der Waals surface area (Å²) in [7, 11) is 0. The Labute approximate surface area is 99.3 Å². The minimum Gasteiger partial charge on any atom is -0.309 e. The van der Waals surface area contributed by atoms with Crippen LogP contribution in [0.1, 0.15) is 44.4 Å². The van der Waals surface area contributed by atoms with E-state index in [1.165, 1.54) is 18.4 Å². The molecule has 1 heterocycles. The first-order valence-electron chi connectivity index (χ1n) is 6.53. The molecule has 2 unspecified atom stereocenters. The monoisotopic (exact) mass is 217 g/mol. The molecule has 0 fully saturated rings. The van der Waals surface area contributed by atoms with Crippen LogP contribution in [0, 0.1) is 11.8 Å². The highest BCUT2D eigenvalue weighted by Gasteiger charge is 2.23. The molecule has 1 aliphatic heterocycles. The summed E-state index contributed by atoms with van der Waals surface area (Å²) >= 11 is 0. The Balaban J connectivity index is 2.34. The fraction of sp³-hybridized carbons (Fsp3) is 0.600. The molecule has 0 bridgehead atoms. The van der Waals surface area contributed by atoms with E-state index in [0.29, 0.717) is 12.0 Å². The standard InChI is InChI=1S/C15H23N/c1-4-12-9-13-7-5-6-8-14(13)15(11(2)3)16-10-12/h5-8,11-12,15-16H,4,9-10H2,1-3H3. The van der Waals surface area contributed by atoms with Crippen molar-refractivity contribution in [3.63, 3.8) is 0 Å². The summed E-state index contributed by atoms with van der Waals surface area (Å²) in [6, 6.07) is 9.48. The van der Waals surface area contributed by atoms with Crippen molar-refractivity contribution in [1.82, 2.24) is 5.32 Å². The van der Waals surface area contributed by atoms with Crippen LogP contribution in [0.3, 0.4) is 0 Å². The van der Waals surface area contributed by atoms with E-state index in [-0.39, 0.29) is 0 Å². The molecule has 1 nitrogen and oxygen atoms in total. The Morgan fingerprint density at radius 2 is 2.06 bits per heavy atom. The van der Waals surface area contributed by atoms with Crippen molar-refractivity contribution >= 4 is 0 Å². The SMILES string of the molecule is CCC1CNC(C(C)C)c2ccccc2C1. The van der Waals surface area contributed by atoms with Crippen molar-refractivity contribution in [2.45, 2.75) is 39.7 Å². The fourth-order valence-corrected chi connectivity index (χ4v) is 2.69. The van der Waals surface area contributed by atoms with Crippen molar-refractivity contribution in [3.05, 3.63) is 35.4 Å². The van der Waals surface area contributed by atoms with Crippen LogP contribution < -0.4 is 5.32 Å². The molecular weight excluding hydrogens is 194 g/mol. The van der Waals surface area contributed by atoms with Crippen molar-refractivity contribution in [1.29, 1.82) is 0 Å². The average molecular weight is 217 g/mol. The van der Waals surface area contributed by atoms with E-state index >= 15 is 0 Å². The topological polar surface area (TPSA) is 12.0 Å². The Kier molecular flexibility index (Phi) is 3.65. The van der Waals surface area contributed by atoms with Gasteiger partial charge in [0.25, 0.3) is 0 Å². The van der Waals surface area contributed by atoms with Gasteiger partial charge in [-0.25, -0.2) is 0 Å². The summed E-state index contributed by atoms with van der Waals surface area (Å²) in [6.45, 7) is 8.07. The first-order chi connectivity index (χ1) is 7.72. The molecule has 0 saturated heterocycles. The third-order valence-electron chi connectivity index (χ3n) is 3.77. The molecule has 0 radical (unpaired) electrons. The van der Waals surface area contributed by atoms with E-state index in [0.717, 1.165) is 12.5 Å². The van der Waals surface area contributed by atoms with Crippen LogP contribution in [-0.4, -0.2) is 6.54 Å². The van der Waals surface area contributed by atoms with Crippen LogP contribution in [0.25, 0.3) is 0 Å². The van der Waals surface area contributed by atoms with Gasteiger partial charge < -0.3 is 5.32 Å². The van der Waals surface area contributed by atoms with Crippen LogP contribution in [0.4, 0.5) is 0 Å². The lowest BCUT2D eigenvalue weighted by Gasteiger charge is -2.22. The molecule has 2 atom stereocenters. The Hall–Kier alpha value is -0.820. The maximum atomic E-state index is 3.74.